The molecule has 0 aliphatic rings. The Bertz CT molecular complexity index is 1150. The number of benzene rings is 2. The van der Waals surface area contributed by atoms with Gasteiger partial charge in [0.05, 0.1) is 5.69 Å². The molecule has 4 aromatic rings. The zero-order chi connectivity index (χ0) is 18.1. The SMILES string of the molecule is Cc1ccccc1CSc1nnc2c(=O)n(-c3cccc(F)c3)ccn12. The minimum absolute atomic E-state index is 0.212. The maximum Gasteiger partial charge on any atom is 0.300 e. The van der Waals surface area contributed by atoms with E-state index in [1.807, 2.05) is 12.1 Å². The van der Waals surface area contributed by atoms with E-state index in [4.69, 9.17) is 0 Å². The Labute approximate surface area is 153 Å². The molecule has 7 heteroatoms. The molecule has 4 rings (SSSR count). The topological polar surface area (TPSA) is 52.2 Å². The van der Waals surface area contributed by atoms with E-state index in [9.17, 15) is 9.18 Å². The maximum absolute atomic E-state index is 13.4. The van der Waals surface area contributed by atoms with Crippen molar-refractivity contribution in [1.82, 2.24) is 19.2 Å². The molecule has 0 fully saturated rings. The Balaban J connectivity index is 1.68. The summed E-state index contributed by atoms with van der Waals surface area (Å²) < 4.78 is 16.5. The quantitative estimate of drug-likeness (QED) is 0.518. The van der Waals surface area contributed by atoms with E-state index in [2.05, 4.69) is 29.3 Å². The number of rotatable bonds is 4. The third-order valence-electron chi connectivity index (χ3n) is 4.14. The lowest BCUT2D eigenvalue weighted by atomic mass is 10.1. The van der Waals surface area contributed by atoms with E-state index in [-0.39, 0.29) is 11.2 Å². The largest absolute Gasteiger partial charge is 0.300 e. The molecular formula is C19H15FN4OS. The zero-order valence-corrected chi connectivity index (χ0v) is 14.8. The number of nitrogens with zero attached hydrogens (tertiary/aromatic N) is 4. The second-order valence-electron chi connectivity index (χ2n) is 5.84. The van der Waals surface area contributed by atoms with Gasteiger partial charge in [-0.15, -0.1) is 10.2 Å². The summed E-state index contributed by atoms with van der Waals surface area (Å²) in [5.41, 5.74) is 2.75. The van der Waals surface area contributed by atoms with Crippen molar-refractivity contribution in [2.45, 2.75) is 17.8 Å². The molecule has 0 N–H and O–H groups in total. The fourth-order valence-corrected chi connectivity index (χ4v) is 3.70. The van der Waals surface area contributed by atoms with Crippen molar-refractivity contribution in [3.63, 3.8) is 0 Å². The van der Waals surface area contributed by atoms with Gasteiger partial charge in [-0.25, -0.2) is 4.39 Å². The van der Waals surface area contributed by atoms with Crippen molar-refractivity contribution < 1.29 is 4.39 Å². The van der Waals surface area contributed by atoms with Crippen LogP contribution in [0.3, 0.4) is 0 Å². The summed E-state index contributed by atoms with van der Waals surface area (Å²) in [4.78, 5) is 12.7. The van der Waals surface area contributed by atoms with E-state index in [0.29, 0.717) is 10.8 Å². The second kappa shape index (κ2) is 6.76. The van der Waals surface area contributed by atoms with Crippen LogP contribution in [0.25, 0.3) is 11.3 Å². The molecule has 2 heterocycles. The summed E-state index contributed by atoms with van der Waals surface area (Å²) in [5.74, 6) is 0.339. The molecule has 2 aromatic carbocycles. The number of aromatic nitrogens is 4. The molecule has 0 saturated heterocycles. The van der Waals surface area contributed by atoms with Gasteiger partial charge in [0.15, 0.2) is 5.16 Å². The van der Waals surface area contributed by atoms with Crippen molar-refractivity contribution in [2.24, 2.45) is 0 Å². The van der Waals surface area contributed by atoms with Gasteiger partial charge in [0.1, 0.15) is 5.82 Å². The van der Waals surface area contributed by atoms with Gasteiger partial charge in [-0.2, -0.15) is 0 Å². The fraction of sp³-hybridized carbons (Fsp3) is 0.105. The summed E-state index contributed by atoms with van der Waals surface area (Å²) >= 11 is 1.52. The lowest BCUT2D eigenvalue weighted by Gasteiger charge is -2.07. The number of hydrogen-bond donors (Lipinski definition) is 0. The Morgan fingerprint density at radius 2 is 1.92 bits per heavy atom. The van der Waals surface area contributed by atoms with Crippen LogP contribution in [-0.2, 0) is 5.75 Å². The van der Waals surface area contributed by atoms with E-state index in [1.54, 1.807) is 28.9 Å². The molecule has 0 bridgehead atoms. The van der Waals surface area contributed by atoms with Crippen LogP contribution in [0.5, 0.6) is 0 Å². The van der Waals surface area contributed by atoms with Crippen LogP contribution < -0.4 is 5.56 Å². The lowest BCUT2D eigenvalue weighted by molar-refractivity contribution is 0.626. The van der Waals surface area contributed by atoms with E-state index in [1.165, 1.54) is 39.6 Å². The highest BCUT2D eigenvalue weighted by atomic mass is 32.2. The van der Waals surface area contributed by atoms with Gasteiger partial charge in [0.2, 0.25) is 5.65 Å². The molecule has 2 aromatic heterocycles. The zero-order valence-electron chi connectivity index (χ0n) is 14.0. The Morgan fingerprint density at radius 1 is 1.08 bits per heavy atom. The van der Waals surface area contributed by atoms with Gasteiger partial charge in [0, 0.05) is 18.1 Å². The van der Waals surface area contributed by atoms with Crippen LogP contribution in [-0.4, -0.2) is 19.2 Å². The predicted molar refractivity (Wildman–Crippen MR) is 99.3 cm³/mol. The highest BCUT2D eigenvalue weighted by Gasteiger charge is 2.12. The molecule has 0 amide bonds. The van der Waals surface area contributed by atoms with Crippen LogP contribution in [0.4, 0.5) is 4.39 Å². The standard InChI is InChI=1S/C19H15FN4OS/c1-13-5-2-3-6-14(13)12-26-19-22-21-17-18(25)23(9-10-24(17)19)16-8-4-7-15(20)11-16/h2-11H,12H2,1H3. The van der Waals surface area contributed by atoms with E-state index >= 15 is 0 Å². The summed E-state index contributed by atoms with van der Waals surface area (Å²) in [6.07, 6.45) is 3.33. The minimum Gasteiger partial charge on any atom is -0.279 e. The first-order chi connectivity index (χ1) is 12.6. The molecule has 26 heavy (non-hydrogen) atoms. The van der Waals surface area contributed by atoms with Crippen molar-refractivity contribution in [1.29, 1.82) is 0 Å². The number of fused-ring (bicyclic) bond motifs is 1. The van der Waals surface area contributed by atoms with Crippen LogP contribution in [0.2, 0.25) is 0 Å². The molecule has 0 aliphatic carbocycles. The van der Waals surface area contributed by atoms with Gasteiger partial charge in [-0.3, -0.25) is 13.8 Å². The first-order valence-electron chi connectivity index (χ1n) is 8.03. The van der Waals surface area contributed by atoms with Gasteiger partial charge >= 0.3 is 5.56 Å². The molecule has 0 saturated carbocycles. The average molecular weight is 366 g/mol. The fourth-order valence-electron chi connectivity index (χ4n) is 2.71. The molecule has 0 unspecified atom stereocenters. The average Bonchev–Trinajstić information content (AvgIpc) is 3.05. The third-order valence-corrected chi connectivity index (χ3v) is 5.14. The third kappa shape index (κ3) is 3.01. The molecule has 5 nitrogen and oxygen atoms in total. The summed E-state index contributed by atoms with van der Waals surface area (Å²) in [6, 6.07) is 14.0. The summed E-state index contributed by atoms with van der Waals surface area (Å²) in [5, 5.41) is 8.81. The van der Waals surface area contributed by atoms with E-state index in [0.717, 1.165) is 5.75 Å². The summed E-state index contributed by atoms with van der Waals surface area (Å²) in [7, 11) is 0. The smallest absolute Gasteiger partial charge is 0.279 e. The van der Waals surface area contributed by atoms with Crippen molar-refractivity contribution in [3.8, 4) is 5.69 Å². The Morgan fingerprint density at radius 3 is 2.73 bits per heavy atom. The Hall–Kier alpha value is -2.93. The summed E-state index contributed by atoms with van der Waals surface area (Å²) in [6.45, 7) is 2.06. The van der Waals surface area contributed by atoms with Gasteiger partial charge in [0.25, 0.3) is 0 Å². The highest BCUT2D eigenvalue weighted by molar-refractivity contribution is 7.98. The van der Waals surface area contributed by atoms with Crippen LogP contribution in [0, 0.1) is 12.7 Å². The van der Waals surface area contributed by atoms with Crippen LogP contribution in [0.1, 0.15) is 11.1 Å². The minimum atomic E-state index is -0.398. The second-order valence-corrected chi connectivity index (χ2v) is 6.79. The van der Waals surface area contributed by atoms with Gasteiger partial charge in [-0.05, 0) is 36.2 Å². The number of aryl methyl sites for hydroxylation is 1. The van der Waals surface area contributed by atoms with Crippen molar-refractivity contribution in [3.05, 3.63) is 88.2 Å². The van der Waals surface area contributed by atoms with Gasteiger partial charge in [-0.1, -0.05) is 42.1 Å². The first-order valence-corrected chi connectivity index (χ1v) is 9.02. The highest BCUT2D eigenvalue weighted by Crippen LogP contribution is 2.22. The van der Waals surface area contributed by atoms with E-state index < -0.39 is 5.82 Å². The lowest BCUT2D eigenvalue weighted by Crippen LogP contribution is -2.20. The molecule has 0 aliphatic heterocycles. The van der Waals surface area contributed by atoms with Crippen molar-refractivity contribution >= 4 is 17.4 Å². The molecule has 130 valence electrons. The molecule has 0 radical (unpaired) electrons. The molecule has 0 spiro atoms. The van der Waals surface area contributed by atoms with Crippen molar-refractivity contribution in [2.75, 3.05) is 0 Å². The number of hydrogen-bond acceptors (Lipinski definition) is 4. The Kier molecular flexibility index (Phi) is 4.30. The van der Waals surface area contributed by atoms with Gasteiger partial charge < -0.3 is 0 Å². The predicted octanol–water partition coefficient (Wildman–Crippen LogP) is 3.62. The first kappa shape index (κ1) is 16.5. The molecular weight excluding hydrogens is 351 g/mol. The number of thioether (sulfide) groups is 1. The number of halogens is 1. The molecule has 0 atom stereocenters. The van der Waals surface area contributed by atoms with Crippen LogP contribution >= 0.6 is 11.8 Å². The normalized spacial score (nSPS) is 11.2. The van der Waals surface area contributed by atoms with Crippen LogP contribution in [0.15, 0.2) is 70.9 Å². The monoisotopic (exact) mass is 366 g/mol. The maximum atomic E-state index is 13.4.